The van der Waals surface area contributed by atoms with Crippen LogP contribution in [-0.4, -0.2) is 33.4 Å². The van der Waals surface area contributed by atoms with Crippen molar-refractivity contribution in [3.63, 3.8) is 0 Å². The second-order valence-corrected chi connectivity index (χ2v) is 7.93. The largest absolute Gasteiger partial charge is 0.416 e. The number of aromatic amines is 1. The number of fused-ring (bicyclic) bond motifs is 1. The molecule has 4 rings (SSSR count). The highest BCUT2D eigenvalue weighted by Crippen LogP contribution is 2.34. The molecular formula is C21H19ClF3N3O2. The predicted molar refractivity (Wildman–Crippen MR) is 108 cm³/mol. The summed E-state index contributed by atoms with van der Waals surface area (Å²) in [5, 5.41) is 0.910. The second kappa shape index (κ2) is 7.83. The van der Waals surface area contributed by atoms with Crippen molar-refractivity contribution >= 4 is 28.4 Å². The van der Waals surface area contributed by atoms with Crippen LogP contribution in [-0.2, 0) is 17.5 Å². The van der Waals surface area contributed by atoms with Gasteiger partial charge in [0.1, 0.15) is 6.54 Å². The van der Waals surface area contributed by atoms with Crippen molar-refractivity contribution < 1.29 is 18.0 Å². The van der Waals surface area contributed by atoms with Crippen LogP contribution in [0.25, 0.3) is 10.9 Å². The molecule has 1 N–H and O–H groups in total. The van der Waals surface area contributed by atoms with Gasteiger partial charge < -0.3 is 14.5 Å². The average molecular weight is 438 g/mol. The Morgan fingerprint density at radius 2 is 1.87 bits per heavy atom. The van der Waals surface area contributed by atoms with Crippen molar-refractivity contribution in [2.24, 2.45) is 0 Å². The van der Waals surface area contributed by atoms with Crippen LogP contribution in [0, 0.1) is 0 Å². The van der Waals surface area contributed by atoms with Gasteiger partial charge in [-0.2, -0.15) is 13.2 Å². The number of carbonyl (C=O) groups is 1. The third-order valence-corrected chi connectivity index (χ3v) is 5.73. The molecule has 1 aliphatic heterocycles. The fraction of sp³-hybridized carbons (Fsp3) is 0.333. The number of piperidine rings is 1. The highest BCUT2D eigenvalue weighted by molar-refractivity contribution is 6.30. The summed E-state index contributed by atoms with van der Waals surface area (Å²) in [7, 11) is 0. The Morgan fingerprint density at radius 3 is 2.57 bits per heavy atom. The number of nitrogens with one attached hydrogen (secondary N) is 1. The number of carbonyl (C=O) groups excluding carboxylic acids is 1. The van der Waals surface area contributed by atoms with E-state index in [9.17, 15) is 22.8 Å². The fourth-order valence-electron chi connectivity index (χ4n) is 3.86. The monoisotopic (exact) mass is 437 g/mol. The van der Waals surface area contributed by atoms with Crippen molar-refractivity contribution in [3.8, 4) is 0 Å². The first-order chi connectivity index (χ1) is 14.2. The maximum atomic E-state index is 12.9. The van der Waals surface area contributed by atoms with Gasteiger partial charge in [-0.15, -0.1) is 0 Å². The van der Waals surface area contributed by atoms with E-state index in [0.29, 0.717) is 41.9 Å². The number of pyridine rings is 1. The van der Waals surface area contributed by atoms with Gasteiger partial charge in [-0.3, -0.25) is 9.59 Å². The number of amides is 1. The summed E-state index contributed by atoms with van der Waals surface area (Å²) in [6.45, 7) is 0.959. The number of hydrogen-bond donors (Lipinski definition) is 1. The van der Waals surface area contributed by atoms with Gasteiger partial charge in [-0.1, -0.05) is 11.6 Å². The van der Waals surface area contributed by atoms with Crippen LogP contribution < -0.4 is 5.56 Å². The highest BCUT2D eigenvalue weighted by Gasteiger charge is 2.31. The summed E-state index contributed by atoms with van der Waals surface area (Å²) in [4.78, 5) is 29.3. The van der Waals surface area contributed by atoms with E-state index in [1.165, 1.54) is 29.0 Å². The molecule has 1 aromatic carbocycles. The molecule has 1 amide bonds. The molecule has 9 heteroatoms. The molecule has 0 radical (unpaired) electrons. The SMILES string of the molecule is O=C(Cn1cc(Cl)ccc1=O)N1CCC(c2cc3cc(C(F)(F)F)ccc3[nH]2)CC1. The van der Waals surface area contributed by atoms with E-state index >= 15 is 0 Å². The van der Waals surface area contributed by atoms with Crippen LogP contribution in [0.5, 0.6) is 0 Å². The summed E-state index contributed by atoms with van der Waals surface area (Å²) >= 11 is 5.89. The van der Waals surface area contributed by atoms with Gasteiger partial charge in [0.15, 0.2) is 0 Å². The van der Waals surface area contributed by atoms with Crippen molar-refractivity contribution in [2.75, 3.05) is 13.1 Å². The summed E-state index contributed by atoms with van der Waals surface area (Å²) < 4.78 is 40.1. The van der Waals surface area contributed by atoms with Crippen LogP contribution in [0.15, 0.2) is 47.4 Å². The van der Waals surface area contributed by atoms with Crippen LogP contribution in [0.4, 0.5) is 13.2 Å². The molecule has 5 nitrogen and oxygen atoms in total. The van der Waals surface area contributed by atoms with Crippen molar-refractivity contribution in [3.05, 3.63) is 69.2 Å². The van der Waals surface area contributed by atoms with E-state index in [0.717, 1.165) is 17.8 Å². The molecule has 2 aromatic heterocycles. The molecule has 0 bridgehead atoms. The number of alkyl halides is 3. The molecule has 158 valence electrons. The number of benzene rings is 1. The van der Waals surface area contributed by atoms with Crippen LogP contribution in [0.1, 0.15) is 30.0 Å². The Morgan fingerprint density at radius 1 is 1.13 bits per heavy atom. The van der Waals surface area contributed by atoms with E-state index in [2.05, 4.69) is 4.98 Å². The molecular weight excluding hydrogens is 419 g/mol. The van der Waals surface area contributed by atoms with E-state index in [4.69, 9.17) is 11.6 Å². The van der Waals surface area contributed by atoms with Crippen molar-refractivity contribution in [1.82, 2.24) is 14.5 Å². The maximum absolute atomic E-state index is 12.9. The number of nitrogens with zero attached hydrogens (tertiary/aromatic N) is 2. The van der Waals surface area contributed by atoms with E-state index in [1.54, 1.807) is 11.0 Å². The van der Waals surface area contributed by atoms with Gasteiger partial charge in [0.2, 0.25) is 5.91 Å². The third-order valence-electron chi connectivity index (χ3n) is 5.51. The first-order valence-corrected chi connectivity index (χ1v) is 9.92. The molecule has 30 heavy (non-hydrogen) atoms. The summed E-state index contributed by atoms with van der Waals surface area (Å²) in [6, 6.07) is 8.23. The van der Waals surface area contributed by atoms with E-state index < -0.39 is 11.7 Å². The Labute approximate surface area is 175 Å². The molecule has 1 fully saturated rings. The average Bonchev–Trinajstić information content (AvgIpc) is 3.13. The van der Waals surface area contributed by atoms with Gasteiger partial charge in [-0.25, -0.2) is 0 Å². The van der Waals surface area contributed by atoms with Crippen LogP contribution in [0.3, 0.4) is 0 Å². The lowest BCUT2D eigenvalue weighted by atomic mass is 9.93. The number of aromatic nitrogens is 2. The first kappa shape index (κ1) is 20.5. The van der Waals surface area contributed by atoms with E-state index in [1.807, 2.05) is 0 Å². The fourth-order valence-corrected chi connectivity index (χ4v) is 4.04. The van der Waals surface area contributed by atoms with Gasteiger partial charge in [-0.05, 0) is 43.2 Å². The minimum Gasteiger partial charge on any atom is -0.358 e. The lowest BCUT2D eigenvalue weighted by Gasteiger charge is -2.31. The van der Waals surface area contributed by atoms with Gasteiger partial charge in [0.25, 0.3) is 5.56 Å². The van der Waals surface area contributed by atoms with Crippen LogP contribution in [0.2, 0.25) is 5.02 Å². The zero-order valence-electron chi connectivity index (χ0n) is 15.9. The Kier molecular flexibility index (Phi) is 5.36. The lowest BCUT2D eigenvalue weighted by Crippen LogP contribution is -2.41. The molecule has 0 spiro atoms. The van der Waals surface area contributed by atoms with Crippen molar-refractivity contribution in [2.45, 2.75) is 31.5 Å². The highest BCUT2D eigenvalue weighted by atomic mass is 35.5. The second-order valence-electron chi connectivity index (χ2n) is 7.49. The molecule has 1 saturated heterocycles. The molecule has 3 aromatic rings. The Bertz CT molecular complexity index is 1140. The zero-order valence-corrected chi connectivity index (χ0v) is 16.6. The lowest BCUT2D eigenvalue weighted by molar-refractivity contribution is -0.137. The predicted octanol–water partition coefficient (Wildman–Crippen LogP) is 4.41. The molecule has 3 heterocycles. The van der Waals surface area contributed by atoms with Crippen LogP contribution >= 0.6 is 11.6 Å². The normalized spacial score (nSPS) is 15.7. The minimum absolute atomic E-state index is 0.0728. The minimum atomic E-state index is -4.37. The van der Waals surface area contributed by atoms with Crippen molar-refractivity contribution in [1.29, 1.82) is 0 Å². The van der Waals surface area contributed by atoms with E-state index in [-0.39, 0.29) is 23.9 Å². The number of hydrogen-bond acceptors (Lipinski definition) is 2. The zero-order chi connectivity index (χ0) is 21.5. The standard InChI is InChI=1S/C21H19ClF3N3O2/c22-16-2-4-19(29)28(11-16)12-20(30)27-7-5-13(6-8-27)18-10-14-9-15(21(23,24)25)1-3-17(14)26-18/h1-4,9-11,13,26H,5-8,12H2. The summed E-state index contributed by atoms with van der Waals surface area (Å²) in [5.74, 6) is -0.0334. The molecule has 0 saturated carbocycles. The maximum Gasteiger partial charge on any atom is 0.416 e. The Hall–Kier alpha value is -2.74. The number of likely N-dealkylation sites (tertiary alicyclic amines) is 1. The third kappa shape index (κ3) is 4.23. The topological polar surface area (TPSA) is 58.1 Å². The number of halogens is 4. The molecule has 1 aliphatic rings. The quantitative estimate of drug-likeness (QED) is 0.660. The van der Waals surface area contributed by atoms with Gasteiger partial charge in [0.05, 0.1) is 10.6 Å². The number of rotatable bonds is 3. The molecule has 0 unspecified atom stereocenters. The molecule has 0 atom stereocenters. The number of H-pyrrole nitrogens is 1. The van der Waals surface area contributed by atoms with Gasteiger partial charge >= 0.3 is 6.18 Å². The smallest absolute Gasteiger partial charge is 0.358 e. The molecule has 0 aliphatic carbocycles. The first-order valence-electron chi connectivity index (χ1n) is 9.54. The summed E-state index contributed by atoms with van der Waals surface area (Å²) in [5.41, 5.74) is 0.579. The van der Waals surface area contributed by atoms with Gasteiger partial charge in [0, 0.05) is 47.9 Å². The Balaban J connectivity index is 1.42. The summed E-state index contributed by atoms with van der Waals surface area (Å²) in [6.07, 6.45) is -1.55.